The average molecular weight is 254 g/mol. The molecule has 0 bridgehead atoms. The topological polar surface area (TPSA) is 27.0 Å². The Morgan fingerprint density at radius 1 is 1.21 bits per heavy atom. The van der Waals surface area contributed by atoms with Crippen molar-refractivity contribution in [3.05, 3.63) is 35.9 Å². The third kappa shape index (κ3) is 2.53. The van der Waals surface area contributed by atoms with Crippen LogP contribution in [0.5, 0.6) is 0 Å². The highest BCUT2D eigenvalue weighted by Crippen LogP contribution is 2.49. The summed E-state index contributed by atoms with van der Waals surface area (Å²) in [6.07, 6.45) is 6.14. The highest BCUT2D eigenvalue weighted by atomic mass is 15.1. The van der Waals surface area contributed by atoms with Gasteiger partial charge in [-0.1, -0.05) is 36.8 Å². The van der Waals surface area contributed by atoms with Gasteiger partial charge in [0.15, 0.2) is 0 Å². The van der Waals surface area contributed by atoms with Crippen LogP contribution >= 0.6 is 0 Å². The molecule has 0 radical (unpaired) electrons. The minimum atomic E-state index is 0.297. The molecule has 19 heavy (non-hydrogen) atoms. The molecule has 0 unspecified atom stereocenters. The van der Waals surface area contributed by atoms with Crippen molar-refractivity contribution in [2.24, 2.45) is 11.3 Å². The largest absolute Gasteiger partial charge is 0.298 e. The Hall–Kier alpha value is -1.33. The summed E-state index contributed by atoms with van der Waals surface area (Å²) in [6.45, 7) is 3.36. The van der Waals surface area contributed by atoms with Crippen molar-refractivity contribution in [1.82, 2.24) is 4.90 Å². The second-order valence-electron chi connectivity index (χ2n) is 6.24. The Kier molecular flexibility index (Phi) is 3.57. The van der Waals surface area contributed by atoms with E-state index in [1.54, 1.807) is 0 Å². The van der Waals surface area contributed by atoms with Crippen LogP contribution in [0.4, 0.5) is 0 Å². The number of hydrogen-bond donors (Lipinski definition) is 0. The van der Waals surface area contributed by atoms with Crippen molar-refractivity contribution < 1.29 is 0 Å². The van der Waals surface area contributed by atoms with Crippen LogP contribution in [0.3, 0.4) is 0 Å². The first-order valence-corrected chi connectivity index (χ1v) is 7.48. The summed E-state index contributed by atoms with van der Waals surface area (Å²) in [5, 5.41) is 9.39. The zero-order chi connectivity index (χ0) is 13.1. The fourth-order valence-corrected chi connectivity index (χ4v) is 4.06. The van der Waals surface area contributed by atoms with E-state index in [1.807, 2.05) is 0 Å². The summed E-state index contributed by atoms with van der Waals surface area (Å²) >= 11 is 0. The van der Waals surface area contributed by atoms with E-state index in [9.17, 15) is 5.26 Å². The molecule has 2 nitrogen and oxygen atoms in total. The first-order valence-electron chi connectivity index (χ1n) is 7.48. The SMILES string of the molecule is N#C[C@H]1CCC[C@@]12CCCN(Cc1ccccc1)C2. The van der Waals surface area contributed by atoms with Crippen molar-refractivity contribution in [1.29, 1.82) is 5.26 Å². The van der Waals surface area contributed by atoms with E-state index < -0.39 is 0 Å². The molecular weight excluding hydrogens is 232 g/mol. The molecule has 1 spiro atoms. The third-order valence-electron chi connectivity index (χ3n) is 5.00. The Labute approximate surface area is 116 Å². The van der Waals surface area contributed by atoms with Crippen molar-refractivity contribution in [2.75, 3.05) is 13.1 Å². The Balaban J connectivity index is 1.70. The molecule has 2 aliphatic rings. The predicted octanol–water partition coefficient (Wildman–Crippen LogP) is 3.59. The lowest BCUT2D eigenvalue weighted by molar-refractivity contribution is 0.0666. The third-order valence-corrected chi connectivity index (χ3v) is 5.00. The van der Waals surface area contributed by atoms with Gasteiger partial charge in [0.05, 0.1) is 12.0 Å². The molecule has 0 aromatic heterocycles. The minimum Gasteiger partial charge on any atom is -0.298 e. The van der Waals surface area contributed by atoms with E-state index in [4.69, 9.17) is 0 Å². The van der Waals surface area contributed by atoms with Crippen molar-refractivity contribution in [3.8, 4) is 6.07 Å². The zero-order valence-electron chi connectivity index (χ0n) is 11.5. The Morgan fingerprint density at radius 2 is 2.00 bits per heavy atom. The summed E-state index contributed by atoms with van der Waals surface area (Å²) in [6, 6.07) is 13.3. The van der Waals surface area contributed by atoms with Gasteiger partial charge in [0.1, 0.15) is 0 Å². The fourth-order valence-electron chi connectivity index (χ4n) is 4.06. The summed E-state index contributed by atoms with van der Waals surface area (Å²) in [7, 11) is 0. The second kappa shape index (κ2) is 5.35. The van der Waals surface area contributed by atoms with Crippen LogP contribution in [0.2, 0.25) is 0 Å². The monoisotopic (exact) mass is 254 g/mol. The second-order valence-corrected chi connectivity index (χ2v) is 6.24. The minimum absolute atomic E-state index is 0.297. The highest BCUT2D eigenvalue weighted by molar-refractivity contribution is 5.15. The number of hydrogen-bond acceptors (Lipinski definition) is 2. The molecule has 1 saturated carbocycles. The van der Waals surface area contributed by atoms with E-state index in [0.717, 1.165) is 19.5 Å². The van der Waals surface area contributed by atoms with Gasteiger partial charge < -0.3 is 0 Å². The van der Waals surface area contributed by atoms with Crippen molar-refractivity contribution >= 4 is 0 Å². The molecule has 1 aliphatic heterocycles. The smallest absolute Gasteiger partial charge is 0.0662 e. The first kappa shape index (κ1) is 12.7. The lowest BCUT2D eigenvalue weighted by atomic mass is 9.72. The van der Waals surface area contributed by atoms with Crippen LogP contribution in [0.1, 0.15) is 37.7 Å². The highest BCUT2D eigenvalue weighted by Gasteiger charge is 2.45. The van der Waals surface area contributed by atoms with Crippen molar-refractivity contribution in [3.63, 3.8) is 0 Å². The maximum absolute atomic E-state index is 9.39. The van der Waals surface area contributed by atoms with E-state index >= 15 is 0 Å². The number of likely N-dealkylation sites (tertiary alicyclic amines) is 1. The summed E-state index contributed by atoms with van der Waals surface area (Å²) in [5.41, 5.74) is 1.70. The van der Waals surface area contributed by atoms with Crippen molar-refractivity contribution in [2.45, 2.75) is 38.6 Å². The molecule has 2 atom stereocenters. The maximum atomic E-state index is 9.39. The van der Waals surface area contributed by atoms with Gasteiger partial charge >= 0.3 is 0 Å². The molecule has 0 N–H and O–H groups in total. The van der Waals surface area contributed by atoms with Crippen LogP contribution < -0.4 is 0 Å². The van der Waals surface area contributed by atoms with Crippen LogP contribution in [-0.2, 0) is 6.54 Å². The summed E-state index contributed by atoms with van der Waals surface area (Å²) in [4.78, 5) is 2.56. The molecule has 1 aromatic rings. The molecule has 2 fully saturated rings. The quantitative estimate of drug-likeness (QED) is 0.806. The van der Waals surface area contributed by atoms with Gasteiger partial charge in [-0.25, -0.2) is 0 Å². The molecule has 1 saturated heterocycles. The maximum Gasteiger partial charge on any atom is 0.0662 e. The summed E-state index contributed by atoms with van der Waals surface area (Å²) in [5.74, 6) is 0.297. The molecule has 1 heterocycles. The fraction of sp³-hybridized carbons (Fsp3) is 0.588. The number of nitriles is 1. The normalized spacial score (nSPS) is 31.4. The predicted molar refractivity (Wildman–Crippen MR) is 76.3 cm³/mol. The van der Waals surface area contributed by atoms with Gasteiger partial charge in [0.2, 0.25) is 0 Å². The molecule has 100 valence electrons. The van der Waals surface area contributed by atoms with Crippen LogP contribution in [-0.4, -0.2) is 18.0 Å². The molecule has 2 heteroatoms. The molecule has 1 aromatic carbocycles. The molecule has 0 amide bonds. The molecular formula is C17H22N2. The van der Waals surface area contributed by atoms with Gasteiger partial charge in [0.25, 0.3) is 0 Å². The van der Waals surface area contributed by atoms with Gasteiger partial charge in [-0.05, 0) is 43.2 Å². The van der Waals surface area contributed by atoms with E-state index in [0.29, 0.717) is 11.3 Å². The number of piperidine rings is 1. The molecule has 1 aliphatic carbocycles. The number of benzene rings is 1. The number of rotatable bonds is 2. The first-order chi connectivity index (χ1) is 9.32. The zero-order valence-corrected chi connectivity index (χ0v) is 11.5. The van der Waals surface area contributed by atoms with E-state index in [2.05, 4.69) is 41.3 Å². The standard InChI is InChI=1S/C17H22N2/c18-12-16-8-4-9-17(16)10-5-11-19(14-17)13-15-6-2-1-3-7-15/h1-3,6-7,16H,4-5,8-11,13-14H2/t16-,17+/m1/s1. The van der Waals surface area contributed by atoms with Gasteiger partial charge in [-0.2, -0.15) is 5.26 Å². The van der Waals surface area contributed by atoms with E-state index in [-0.39, 0.29) is 0 Å². The van der Waals surface area contributed by atoms with E-state index in [1.165, 1.54) is 37.8 Å². The number of nitrogens with zero attached hydrogens (tertiary/aromatic N) is 2. The van der Waals surface area contributed by atoms with Crippen LogP contribution in [0.15, 0.2) is 30.3 Å². The van der Waals surface area contributed by atoms with Gasteiger partial charge in [-0.15, -0.1) is 0 Å². The molecule has 3 rings (SSSR count). The lowest BCUT2D eigenvalue weighted by Crippen LogP contribution is -2.44. The van der Waals surface area contributed by atoms with Gasteiger partial charge in [0, 0.05) is 13.1 Å². The average Bonchev–Trinajstić information content (AvgIpc) is 2.82. The Morgan fingerprint density at radius 3 is 2.79 bits per heavy atom. The van der Waals surface area contributed by atoms with Crippen LogP contribution in [0, 0.1) is 22.7 Å². The van der Waals surface area contributed by atoms with Crippen LogP contribution in [0.25, 0.3) is 0 Å². The lowest BCUT2D eigenvalue weighted by Gasteiger charge is -2.42. The Bertz CT molecular complexity index is 462. The van der Waals surface area contributed by atoms with Gasteiger partial charge in [-0.3, -0.25) is 4.90 Å². The summed E-state index contributed by atoms with van der Waals surface area (Å²) < 4.78 is 0.